The molecule has 3 heterocycles. The summed E-state index contributed by atoms with van der Waals surface area (Å²) in [5, 5.41) is 8.51. The largest absolute Gasteiger partial charge is 0.307 e. The summed E-state index contributed by atoms with van der Waals surface area (Å²) in [6.45, 7) is 14.2. The molecule has 6 rings (SSSR count). The first-order valence-corrected chi connectivity index (χ1v) is 14.7. The van der Waals surface area contributed by atoms with Crippen LogP contribution in [-0.2, 0) is 7.05 Å². The second kappa shape index (κ2) is 5.86. The number of hydrogen-bond acceptors (Lipinski definition) is 0. The Morgan fingerprint density at radius 3 is 2.23 bits per heavy atom. The Kier molecular flexibility index (Phi) is 3.56. The zero-order valence-corrected chi connectivity index (χ0v) is 20.5. The molecule has 3 heteroatoms. The van der Waals surface area contributed by atoms with Crippen molar-refractivity contribution in [2.75, 3.05) is 0 Å². The van der Waals surface area contributed by atoms with E-state index in [1.54, 1.807) is 0 Å². The fourth-order valence-electron chi connectivity index (χ4n) is 5.81. The maximum absolute atomic E-state index is 2.56. The van der Waals surface area contributed by atoms with Crippen molar-refractivity contribution in [1.29, 1.82) is 0 Å². The fraction of sp³-hybridized carbons (Fsp3) is 0.250. The van der Waals surface area contributed by atoms with E-state index in [-0.39, 0.29) is 0 Å². The highest BCUT2D eigenvalue weighted by Gasteiger charge is 2.30. The Balaban J connectivity index is 2.12. The van der Waals surface area contributed by atoms with E-state index in [4.69, 9.17) is 0 Å². The maximum atomic E-state index is 2.56. The summed E-state index contributed by atoms with van der Waals surface area (Å²) in [5.74, 6) is 0. The Morgan fingerprint density at radius 2 is 1.48 bits per heavy atom. The predicted molar refractivity (Wildman–Crippen MR) is 137 cm³/mol. The lowest BCUT2D eigenvalue weighted by atomic mass is 9.95. The van der Waals surface area contributed by atoms with Crippen molar-refractivity contribution < 1.29 is 4.57 Å². The Hall–Kier alpha value is -2.91. The standard InChI is InChI=1S/C28H29N2Si/c1-16-14-17(2)26-24(18(16)3)28-25-21(23(15-29(28)4)31(5,6)7)13-12-20-19-10-8-9-11-22(19)30(26)27(20)25/h8-15H,1-7H3/q+1. The van der Waals surface area contributed by atoms with Gasteiger partial charge in [-0.05, 0) is 48.9 Å². The molecule has 0 amide bonds. The number of para-hydroxylation sites is 1. The summed E-state index contributed by atoms with van der Waals surface area (Å²) in [7, 11) is 0.718. The highest BCUT2D eigenvalue weighted by Crippen LogP contribution is 2.42. The Bertz CT molecular complexity index is 1700. The fourth-order valence-corrected chi connectivity index (χ4v) is 7.41. The third-order valence-electron chi connectivity index (χ3n) is 7.32. The Labute approximate surface area is 184 Å². The molecule has 0 aliphatic heterocycles. The van der Waals surface area contributed by atoms with Crippen molar-refractivity contribution in [2.45, 2.75) is 40.4 Å². The normalized spacial score (nSPS) is 13.0. The second-order valence-electron chi connectivity index (χ2n) is 10.3. The number of benzene rings is 3. The van der Waals surface area contributed by atoms with Gasteiger partial charge in [0.15, 0.2) is 6.20 Å². The molecule has 31 heavy (non-hydrogen) atoms. The number of rotatable bonds is 1. The molecule has 3 aromatic carbocycles. The summed E-state index contributed by atoms with van der Waals surface area (Å²) in [4.78, 5) is 0. The van der Waals surface area contributed by atoms with Gasteiger partial charge in [0.2, 0.25) is 5.52 Å². The first kappa shape index (κ1) is 18.8. The van der Waals surface area contributed by atoms with Crippen LogP contribution in [0.25, 0.3) is 49.0 Å². The summed E-state index contributed by atoms with van der Waals surface area (Å²) < 4.78 is 4.98. The molecule has 0 aliphatic rings. The topological polar surface area (TPSA) is 8.29 Å². The number of aryl methyl sites for hydroxylation is 4. The first-order chi connectivity index (χ1) is 14.7. The van der Waals surface area contributed by atoms with Gasteiger partial charge in [-0.1, -0.05) is 56.0 Å². The quantitative estimate of drug-likeness (QED) is 0.128. The molecule has 0 aliphatic carbocycles. The highest BCUT2D eigenvalue weighted by atomic mass is 28.3. The lowest BCUT2D eigenvalue weighted by Crippen LogP contribution is -2.45. The van der Waals surface area contributed by atoms with Crippen LogP contribution in [0, 0.1) is 20.8 Å². The van der Waals surface area contributed by atoms with Crippen LogP contribution in [0.1, 0.15) is 16.7 Å². The molecule has 0 saturated carbocycles. The summed E-state index contributed by atoms with van der Waals surface area (Å²) in [6, 6.07) is 16.0. The van der Waals surface area contributed by atoms with E-state index in [1.807, 2.05) is 0 Å². The van der Waals surface area contributed by atoms with Gasteiger partial charge in [-0.25, -0.2) is 4.57 Å². The maximum Gasteiger partial charge on any atom is 0.224 e. The van der Waals surface area contributed by atoms with Crippen LogP contribution in [0.4, 0.5) is 0 Å². The molecule has 0 fully saturated rings. The number of fused-ring (bicyclic) bond motifs is 6. The summed E-state index contributed by atoms with van der Waals surface area (Å²) in [6.07, 6.45) is 2.43. The predicted octanol–water partition coefficient (Wildman–Crippen LogP) is 6.28. The van der Waals surface area contributed by atoms with Gasteiger partial charge in [-0.3, -0.25) is 0 Å². The molecular formula is C28H29N2Si+. The SMILES string of the molecule is Cc1cc(C)c2c(c1C)c1c3c(ccc4c5ccccc5n2c43)c([Si](C)(C)C)c[n+]1C. The van der Waals surface area contributed by atoms with Gasteiger partial charge < -0.3 is 4.40 Å². The lowest BCUT2D eigenvalue weighted by molar-refractivity contribution is -0.643. The molecule has 0 unspecified atom stereocenters. The molecule has 6 aromatic rings. The van der Waals surface area contributed by atoms with Crippen LogP contribution in [0.2, 0.25) is 19.6 Å². The van der Waals surface area contributed by atoms with Crippen molar-refractivity contribution in [3.05, 3.63) is 65.4 Å². The molecule has 3 aromatic heterocycles. The van der Waals surface area contributed by atoms with Crippen LogP contribution < -0.4 is 9.75 Å². The highest BCUT2D eigenvalue weighted by molar-refractivity contribution is 6.90. The molecule has 0 atom stereocenters. The van der Waals surface area contributed by atoms with E-state index in [9.17, 15) is 0 Å². The van der Waals surface area contributed by atoms with Crippen LogP contribution in [0.5, 0.6) is 0 Å². The summed E-state index contributed by atoms with van der Waals surface area (Å²) in [5.41, 5.74) is 9.51. The second-order valence-corrected chi connectivity index (χ2v) is 15.4. The van der Waals surface area contributed by atoms with Crippen molar-refractivity contribution in [3.8, 4) is 0 Å². The minimum atomic E-state index is -1.53. The van der Waals surface area contributed by atoms with Crippen molar-refractivity contribution >= 4 is 62.3 Å². The molecule has 0 bridgehead atoms. The van der Waals surface area contributed by atoms with E-state index in [0.717, 1.165) is 0 Å². The summed E-state index contributed by atoms with van der Waals surface area (Å²) >= 11 is 0. The van der Waals surface area contributed by atoms with Crippen molar-refractivity contribution in [3.63, 3.8) is 0 Å². The minimum Gasteiger partial charge on any atom is -0.307 e. The van der Waals surface area contributed by atoms with Gasteiger partial charge in [0.25, 0.3) is 0 Å². The molecule has 0 saturated heterocycles. The van der Waals surface area contributed by atoms with Crippen LogP contribution in [0.3, 0.4) is 0 Å². The third-order valence-corrected chi connectivity index (χ3v) is 9.33. The van der Waals surface area contributed by atoms with Crippen LogP contribution in [0.15, 0.2) is 48.7 Å². The van der Waals surface area contributed by atoms with Gasteiger partial charge in [-0.2, -0.15) is 0 Å². The van der Waals surface area contributed by atoms with Gasteiger partial charge >= 0.3 is 0 Å². The van der Waals surface area contributed by atoms with E-state index < -0.39 is 8.07 Å². The van der Waals surface area contributed by atoms with E-state index >= 15 is 0 Å². The smallest absolute Gasteiger partial charge is 0.224 e. The number of nitrogens with zero attached hydrogens (tertiary/aromatic N) is 2. The third kappa shape index (κ3) is 2.25. The number of hydrogen-bond donors (Lipinski definition) is 0. The first-order valence-electron chi connectivity index (χ1n) is 11.2. The van der Waals surface area contributed by atoms with Gasteiger partial charge in [-0.15, -0.1) is 0 Å². The van der Waals surface area contributed by atoms with Crippen molar-refractivity contribution in [1.82, 2.24) is 4.40 Å². The Morgan fingerprint density at radius 1 is 0.774 bits per heavy atom. The molecule has 0 spiro atoms. The van der Waals surface area contributed by atoms with Crippen molar-refractivity contribution in [2.24, 2.45) is 7.05 Å². The molecule has 0 N–H and O–H groups in total. The average molecular weight is 422 g/mol. The van der Waals surface area contributed by atoms with Gasteiger partial charge in [0, 0.05) is 16.0 Å². The van der Waals surface area contributed by atoms with Crippen LogP contribution in [-0.4, -0.2) is 12.5 Å². The molecule has 2 nitrogen and oxygen atoms in total. The molecule has 154 valence electrons. The van der Waals surface area contributed by atoms with E-state index in [1.165, 1.54) is 70.9 Å². The molecular weight excluding hydrogens is 392 g/mol. The van der Waals surface area contributed by atoms with E-state index in [0.29, 0.717) is 0 Å². The minimum absolute atomic E-state index is 1.31. The lowest BCUT2D eigenvalue weighted by Gasteiger charge is -2.21. The number of pyridine rings is 2. The monoisotopic (exact) mass is 421 g/mol. The van der Waals surface area contributed by atoms with E-state index in [2.05, 4.69) is 105 Å². The van der Waals surface area contributed by atoms with Crippen LogP contribution >= 0.6 is 0 Å². The van der Waals surface area contributed by atoms with Gasteiger partial charge in [0.1, 0.15) is 7.05 Å². The number of aromatic nitrogens is 2. The van der Waals surface area contributed by atoms with Gasteiger partial charge in [0.05, 0.1) is 35.4 Å². The zero-order valence-electron chi connectivity index (χ0n) is 19.5. The molecule has 0 radical (unpaired) electrons. The average Bonchev–Trinajstić information content (AvgIpc) is 3.05. The zero-order chi connectivity index (χ0) is 21.8.